The monoisotopic (exact) mass is 303 g/mol. The minimum Gasteiger partial charge on any atom is -0.478 e. The highest BCUT2D eigenvalue weighted by Crippen LogP contribution is 2.18. The summed E-state index contributed by atoms with van der Waals surface area (Å²) >= 11 is 0. The summed E-state index contributed by atoms with van der Waals surface area (Å²) in [5.74, 6) is -0.688. The molecule has 0 unspecified atom stereocenters. The molecule has 1 atom stereocenters. The van der Waals surface area contributed by atoms with Crippen molar-refractivity contribution in [1.82, 2.24) is 5.32 Å². The van der Waals surface area contributed by atoms with Crippen molar-refractivity contribution in [3.05, 3.63) is 59.0 Å². The number of carboxylic acids is 1. The highest BCUT2D eigenvalue weighted by molar-refractivity contribution is 5.88. The van der Waals surface area contributed by atoms with Gasteiger partial charge in [-0.15, -0.1) is 0 Å². The van der Waals surface area contributed by atoms with E-state index in [9.17, 15) is 9.59 Å². The van der Waals surface area contributed by atoms with Gasteiger partial charge in [-0.1, -0.05) is 30.3 Å². The first-order chi connectivity index (χ1) is 10.5. The highest BCUT2D eigenvalue weighted by Gasteiger charge is 2.20. The Bertz CT molecular complexity index is 662. The fourth-order valence-electron chi connectivity index (χ4n) is 2.13. The molecular weight excluding hydrogens is 286 g/mol. The van der Waals surface area contributed by atoms with Gasteiger partial charge in [-0.2, -0.15) is 0 Å². The number of carboxylic acid groups (broad SMARTS) is 1. The van der Waals surface area contributed by atoms with Crippen molar-refractivity contribution in [3.8, 4) is 0 Å². The van der Waals surface area contributed by atoms with Crippen molar-refractivity contribution >= 4 is 11.9 Å². The van der Waals surface area contributed by atoms with Crippen LogP contribution in [0.2, 0.25) is 0 Å². The zero-order valence-corrected chi connectivity index (χ0v) is 12.3. The van der Waals surface area contributed by atoms with E-state index in [4.69, 9.17) is 14.3 Å². The van der Waals surface area contributed by atoms with Gasteiger partial charge in [-0.25, -0.2) is 4.79 Å². The molecule has 0 bridgehead atoms. The normalized spacial score (nSPS) is 11.9. The van der Waals surface area contributed by atoms with E-state index in [2.05, 4.69) is 5.32 Å². The lowest BCUT2D eigenvalue weighted by Crippen LogP contribution is -2.29. The summed E-state index contributed by atoms with van der Waals surface area (Å²) in [5, 5.41) is 11.6. The molecule has 0 radical (unpaired) electrons. The number of rotatable bonds is 6. The average molecular weight is 303 g/mol. The third-order valence-electron chi connectivity index (χ3n) is 3.21. The molecule has 2 rings (SSSR count). The van der Waals surface area contributed by atoms with E-state index in [1.807, 2.05) is 18.2 Å². The van der Waals surface area contributed by atoms with Crippen molar-refractivity contribution < 1.29 is 23.8 Å². The van der Waals surface area contributed by atoms with Crippen molar-refractivity contribution in [1.29, 1.82) is 0 Å². The Kier molecular flexibility index (Phi) is 4.95. The number of aromatic carboxylic acids is 1. The zero-order chi connectivity index (χ0) is 16.1. The maximum atomic E-state index is 12.2. The average Bonchev–Trinajstić information content (AvgIpc) is 2.88. The SMILES string of the molecule is CO[C@@H](C(=O)NCc1cc(C(=O)O)c(C)o1)c1ccccc1. The van der Waals surface area contributed by atoms with E-state index < -0.39 is 12.1 Å². The molecule has 0 saturated carbocycles. The standard InChI is InChI=1S/C16H17NO5/c1-10-13(16(19)20)8-12(22-10)9-17-15(18)14(21-2)11-6-4-3-5-7-11/h3-8,14H,9H2,1-2H3,(H,17,18)(H,19,20)/t14-/m1/s1. The molecule has 6 heteroatoms. The fourth-order valence-corrected chi connectivity index (χ4v) is 2.13. The molecule has 2 aromatic rings. The first kappa shape index (κ1) is 15.8. The molecule has 2 N–H and O–H groups in total. The summed E-state index contributed by atoms with van der Waals surface area (Å²) < 4.78 is 10.5. The number of furan rings is 1. The largest absolute Gasteiger partial charge is 0.478 e. The van der Waals surface area contributed by atoms with Crippen LogP contribution in [0.4, 0.5) is 0 Å². The maximum absolute atomic E-state index is 12.2. The molecule has 6 nitrogen and oxygen atoms in total. The summed E-state index contributed by atoms with van der Waals surface area (Å²) in [4.78, 5) is 23.1. The molecule has 22 heavy (non-hydrogen) atoms. The Labute approximate surface area is 127 Å². The fraction of sp³-hybridized carbons (Fsp3) is 0.250. The van der Waals surface area contributed by atoms with Crippen LogP contribution in [0, 0.1) is 6.92 Å². The van der Waals surface area contributed by atoms with Gasteiger partial charge in [0.15, 0.2) is 6.10 Å². The lowest BCUT2D eigenvalue weighted by atomic mass is 10.1. The second kappa shape index (κ2) is 6.91. The number of ether oxygens (including phenoxy) is 1. The molecule has 1 aromatic heterocycles. The number of amides is 1. The van der Waals surface area contributed by atoms with Gasteiger partial charge in [0, 0.05) is 7.11 Å². The van der Waals surface area contributed by atoms with Gasteiger partial charge in [0.1, 0.15) is 17.1 Å². The van der Waals surface area contributed by atoms with Gasteiger partial charge >= 0.3 is 5.97 Å². The van der Waals surface area contributed by atoms with Crippen molar-refractivity contribution in [2.75, 3.05) is 7.11 Å². The van der Waals surface area contributed by atoms with Gasteiger partial charge < -0.3 is 19.6 Å². The van der Waals surface area contributed by atoms with Gasteiger partial charge in [0.2, 0.25) is 0 Å². The Morgan fingerprint density at radius 1 is 1.32 bits per heavy atom. The van der Waals surface area contributed by atoms with E-state index in [1.54, 1.807) is 19.1 Å². The van der Waals surface area contributed by atoms with Gasteiger partial charge in [0.05, 0.1) is 6.54 Å². The van der Waals surface area contributed by atoms with E-state index >= 15 is 0 Å². The van der Waals surface area contributed by atoms with E-state index in [-0.39, 0.29) is 18.0 Å². The third-order valence-corrected chi connectivity index (χ3v) is 3.21. The predicted octanol–water partition coefficient (Wildman–Crippen LogP) is 2.29. The minimum absolute atomic E-state index is 0.0931. The molecule has 0 aliphatic rings. The highest BCUT2D eigenvalue weighted by atomic mass is 16.5. The number of carbonyl (C=O) groups is 2. The van der Waals surface area contributed by atoms with Crippen molar-refractivity contribution in [2.24, 2.45) is 0 Å². The van der Waals surface area contributed by atoms with E-state index in [1.165, 1.54) is 13.2 Å². The minimum atomic E-state index is -1.06. The topological polar surface area (TPSA) is 88.8 Å². The first-order valence-corrected chi connectivity index (χ1v) is 6.71. The van der Waals surface area contributed by atoms with Gasteiger partial charge in [-0.05, 0) is 18.6 Å². The molecule has 0 spiro atoms. The van der Waals surface area contributed by atoms with Crippen molar-refractivity contribution in [2.45, 2.75) is 19.6 Å². The Balaban J connectivity index is 2.03. The number of nitrogens with one attached hydrogen (secondary N) is 1. The molecular formula is C16H17NO5. The summed E-state index contributed by atoms with van der Waals surface area (Å²) in [7, 11) is 1.46. The van der Waals surface area contributed by atoms with Crippen molar-refractivity contribution in [3.63, 3.8) is 0 Å². The molecule has 116 valence electrons. The third kappa shape index (κ3) is 3.53. The lowest BCUT2D eigenvalue weighted by molar-refractivity contribution is -0.131. The quantitative estimate of drug-likeness (QED) is 0.854. The molecule has 1 aromatic carbocycles. The summed E-state index contributed by atoms with van der Waals surface area (Å²) in [6, 6.07) is 10.5. The van der Waals surface area contributed by atoms with Crippen LogP contribution in [-0.2, 0) is 16.1 Å². The van der Waals surface area contributed by atoms with Crippen LogP contribution in [0.15, 0.2) is 40.8 Å². The van der Waals surface area contributed by atoms with Crippen LogP contribution in [0.1, 0.15) is 33.5 Å². The van der Waals surface area contributed by atoms with Crippen LogP contribution >= 0.6 is 0 Å². The number of hydrogen-bond acceptors (Lipinski definition) is 4. The van der Waals surface area contributed by atoms with Crippen LogP contribution in [0.25, 0.3) is 0 Å². The summed E-state index contributed by atoms with van der Waals surface area (Å²) in [5.41, 5.74) is 0.833. The molecule has 0 saturated heterocycles. The van der Waals surface area contributed by atoms with Crippen LogP contribution in [0.3, 0.4) is 0 Å². The molecule has 1 heterocycles. The second-order valence-electron chi connectivity index (χ2n) is 4.73. The maximum Gasteiger partial charge on any atom is 0.339 e. The van der Waals surface area contributed by atoms with Gasteiger partial charge in [-0.3, -0.25) is 4.79 Å². The van der Waals surface area contributed by atoms with Gasteiger partial charge in [0.25, 0.3) is 5.91 Å². The van der Waals surface area contributed by atoms with Crippen LogP contribution in [0.5, 0.6) is 0 Å². The Morgan fingerprint density at radius 3 is 2.55 bits per heavy atom. The summed E-state index contributed by atoms with van der Waals surface area (Å²) in [6.07, 6.45) is -0.726. The van der Waals surface area contributed by atoms with Crippen LogP contribution < -0.4 is 5.32 Å². The molecule has 1 amide bonds. The van der Waals surface area contributed by atoms with Crippen LogP contribution in [-0.4, -0.2) is 24.1 Å². The Hall–Kier alpha value is -2.60. The summed E-state index contributed by atoms with van der Waals surface area (Å²) in [6.45, 7) is 1.66. The second-order valence-corrected chi connectivity index (χ2v) is 4.73. The number of hydrogen-bond donors (Lipinski definition) is 2. The Morgan fingerprint density at radius 2 is 2.00 bits per heavy atom. The molecule has 0 aliphatic carbocycles. The molecule has 0 aliphatic heterocycles. The van der Waals surface area contributed by atoms with E-state index in [0.29, 0.717) is 11.5 Å². The number of carbonyl (C=O) groups excluding carboxylic acids is 1. The zero-order valence-electron chi connectivity index (χ0n) is 12.3. The van der Waals surface area contributed by atoms with E-state index in [0.717, 1.165) is 5.56 Å². The number of aryl methyl sites for hydroxylation is 1. The first-order valence-electron chi connectivity index (χ1n) is 6.71. The lowest BCUT2D eigenvalue weighted by Gasteiger charge is -2.15. The number of methoxy groups -OCH3 is 1. The predicted molar refractivity (Wildman–Crippen MR) is 78.4 cm³/mol. The molecule has 0 fully saturated rings. The smallest absolute Gasteiger partial charge is 0.339 e. The number of benzene rings is 1.